The summed E-state index contributed by atoms with van der Waals surface area (Å²) in [6.45, 7) is 8.45. The lowest BCUT2D eigenvalue weighted by Gasteiger charge is -2.43. The number of azide groups is 1. The summed E-state index contributed by atoms with van der Waals surface area (Å²) in [5, 5.41) is 3.74. The van der Waals surface area contributed by atoms with Crippen LogP contribution in [0.1, 0.15) is 40.5 Å². The van der Waals surface area contributed by atoms with Crippen LogP contribution in [0, 0.1) is 0 Å². The van der Waals surface area contributed by atoms with E-state index in [0.717, 1.165) is 0 Å². The molecule has 0 aromatic rings. The van der Waals surface area contributed by atoms with Gasteiger partial charge in [-0.15, -0.1) is 0 Å². The summed E-state index contributed by atoms with van der Waals surface area (Å²) in [6, 6.07) is -0.265. The van der Waals surface area contributed by atoms with Gasteiger partial charge in [-0.05, 0) is 39.1 Å². The van der Waals surface area contributed by atoms with Gasteiger partial charge < -0.3 is 14.4 Å². The normalized spacial score (nSPS) is 19.9. The number of amides is 1. The Morgan fingerprint density at radius 1 is 1.40 bits per heavy atom. The molecule has 1 saturated heterocycles. The molecule has 1 aliphatic heterocycles. The molecule has 1 aliphatic rings. The quantitative estimate of drug-likeness (QED) is 0.453. The molecule has 1 amide bonds. The fourth-order valence-corrected chi connectivity index (χ4v) is 2.37. The van der Waals surface area contributed by atoms with Crippen molar-refractivity contribution in [2.24, 2.45) is 5.11 Å². The van der Waals surface area contributed by atoms with Crippen LogP contribution in [0.3, 0.4) is 0 Å². The lowest BCUT2D eigenvalue weighted by molar-refractivity contribution is -0.0721. The molecule has 0 aromatic heterocycles. The molecule has 1 fully saturated rings. The molecular formula is C13H24N4O3. The highest BCUT2D eigenvalue weighted by atomic mass is 16.6. The number of carbonyl (C=O) groups excluding carboxylic acids is 1. The molecule has 1 heterocycles. The molecule has 0 saturated carbocycles. The van der Waals surface area contributed by atoms with Gasteiger partial charge in [0.05, 0.1) is 11.6 Å². The van der Waals surface area contributed by atoms with Crippen LogP contribution >= 0.6 is 0 Å². The Bertz CT molecular complexity index is 391. The second-order valence-corrected chi connectivity index (χ2v) is 6.12. The van der Waals surface area contributed by atoms with Gasteiger partial charge in [-0.2, -0.15) is 0 Å². The van der Waals surface area contributed by atoms with E-state index in [2.05, 4.69) is 10.0 Å². The van der Waals surface area contributed by atoms with E-state index in [4.69, 9.17) is 15.0 Å². The van der Waals surface area contributed by atoms with Crippen molar-refractivity contribution in [3.63, 3.8) is 0 Å². The van der Waals surface area contributed by atoms with Gasteiger partial charge >= 0.3 is 6.09 Å². The molecular weight excluding hydrogens is 260 g/mol. The summed E-state index contributed by atoms with van der Waals surface area (Å²) < 4.78 is 10.9. The number of piperidine rings is 1. The van der Waals surface area contributed by atoms with E-state index in [1.807, 2.05) is 27.7 Å². The number of nitrogens with zero attached hydrogens (tertiary/aromatic N) is 4. The van der Waals surface area contributed by atoms with Crippen LogP contribution in [0.5, 0.6) is 0 Å². The van der Waals surface area contributed by atoms with E-state index in [9.17, 15) is 4.79 Å². The lowest BCUT2D eigenvalue weighted by Crippen LogP contribution is -2.53. The number of hydrogen-bond donors (Lipinski definition) is 0. The van der Waals surface area contributed by atoms with Gasteiger partial charge in [0.25, 0.3) is 0 Å². The fraction of sp³-hybridized carbons (Fsp3) is 0.923. The van der Waals surface area contributed by atoms with Gasteiger partial charge in [-0.3, -0.25) is 0 Å². The van der Waals surface area contributed by atoms with Crippen molar-refractivity contribution < 1.29 is 14.3 Å². The molecule has 0 N–H and O–H groups in total. The van der Waals surface area contributed by atoms with Crippen molar-refractivity contribution in [3.05, 3.63) is 10.4 Å². The third-order valence-electron chi connectivity index (χ3n) is 3.65. The summed E-state index contributed by atoms with van der Waals surface area (Å²) in [4.78, 5) is 16.5. The molecule has 0 aliphatic carbocycles. The predicted molar refractivity (Wildman–Crippen MR) is 75.4 cm³/mol. The highest BCUT2D eigenvalue weighted by Gasteiger charge is 2.41. The zero-order valence-corrected chi connectivity index (χ0v) is 12.9. The molecule has 1 unspecified atom stereocenters. The highest BCUT2D eigenvalue weighted by molar-refractivity contribution is 5.68. The van der Waals surface area contributed by atoms with E-state index in [-0.39, 0.29) is 12.1 Å². The molecule has 0 bridgehead atoms. The Labute approximate surface area is 119 Å². The van der Waals surface area contributed by atoms with Crippen molar-refractivity contribution in [1.29, 1.82) is 0 Å². The van der Waals surface area contributed by atoms with Crippen molar-refractivity contribution in [2.75, 3.05) is 20.2 Å². The van der Waals surface area contributed by atoms with Gasteiger partial charge in [-0.25, -0.2) is 4.79 Å². The Kier molecular flexibility index (Phi) is 5.25. The Balaban J connectivity index is 2.66. The van der Waals surface area contributed by atoms with Crippen molar-refractivity contribution in [3.8, 4) is 0 Å². The number of ether oxygens (including phenoxy) is 2. The van der Waals surface area contributed by atoms with Gasteiger partial charge in [-0.1, -0.05) is 12.0 Å². The third-order valence-corrected chi connectivity index (χ3v) is 3.65. The summed E-state index contributed by atoms with van der Waals surface area (Å²) in [6.07, 6.45) is 0.949. The Morgan fingerprint density at radius 3 is 2.35 bits per heavy atom. The van der Waals surface area contributed by atoms with Gasteiger partial charge in [0.1, 0.15) is 5.60 Å². The van der Waals surface area contributed by atoms with Gasteiger partial charge in [0.2, 0.25) is 0 Å². The molecule has 1 rings (SSSR count). The van der Waals surface area contributed by atoms with Crippen LogP contribution in [0.4, 0.5) is 4.79 Å². The van der Waals surface area contributed by atoms with Crippen molar-refractivity contribution in [1.82, 2.24) is 4.90 Å². The molecule has 7 nitrogen and oxygen atoms in total. The first kappa shape index (κ1) is 16.6. The first-order chi connectivity index (χ1) is 9.24. The van der Waals surface area contributed by atoms with Crippen LogP contribution in [0.25, 0.3) is 10.4 Å². The summed E-state index contributed by atoms with van der Waals surface area (Å²) in [7, 11) is 1.62. The SMILES string of the molecule is COC1(C(C)N=[N+]=[N-])CCN(C(=O)OC(C)(C)C)CC1. The standard InChI is InChI=1S/C13H24N4O3/c1-10(15-16-14)13(19-5)6-8-17(9-7-13)11(18)20-12(2,3)4/h10H,6-9H2,1-5H3. The van der Waals surface area contributed by atoms with Crippen LogP contribution in [-0.4, -0.2) is 48.4 Å². The minimum Gasteiger partial charge on any atom is -0.444 e. The average Bonchev–Trinajstić information content (AvgIpc) is 2.37. The molecule has 0 radical (unpaired) electrons. The van der Waals surface area contributed by atoms with Gasteiger partial charge in [0, 0.05) is 25.1 Å². The first-order valence-corrected chi connectivity index (χ1v) is 6.81. The summed E-state index contributed by atoms with van der Waals surface area (Å²) in [5.41, 5.74) is 7.57. The monoisotopic (exact) mass is 284 g/mol. The smallest absolute Gasteiger partial charge is 0.410 e. The zero-order valence-electron chi connectivity index (χ0n) is 12.9. The van der Waals surface area contributed by atoms with E-state index >= 15 is 0 Å². The second-order valence-electron chi connectivity index (χ2n) is 6.12. The maximum atomic E-state index is 12.0. The summed E-state index contributed by atoms with van der Waals surface area (Å²) in [5.74, 6) is 0. The lowest BCUT2D eigenvalue weighted by atomic mass is 9.85. The van der Waals surface area contributed by atoms with Crippen LogP contribution in [0.15, 0.2) is 5.11 Å². The minimum absolute atomic E-state index is 0.265. The topological polar surface area (TPSA) is 87.5 Å². The maximum Gasteiger partial charge on any atom is 0.410 e. The molecule has 0 spiro atoms. The number of carbonyl (C=O) groups is 1. The highest BCUT2D eigenvalue weighted by Crippen LogP contribution is 2.31. The van der Waals surface area contributed by atoms with Crippen LogP contribution in [0.2, 0.25) is 0 Å². The number of methoxy groups -OCH3 is 1. The fourth-order valence-electron chi connectivity index (χ4n) is 2.37. The Morgan fingerprint density at radius 2 is 1.95 bits per heavy atom. The molecule has 7 heteroatoms. The maximum absolute atomic E-state index is 12.0. The Hall–Kier alpha value is -1.46. The molecule has 20 heavy (non-hydrogen) atoms. The molecule has 1 atom stereocenters. The largest absolute Gasteiger partial charge is 0.444 e. The number of hydrogen-bond acceptors (Lipinski definition) is 4. The van der Waals surface area contributed by atoms with Crippen LogP contribution < -0.4 is 0 Å². The zero-order chi connectivity index (χ0) is 15.4. The van der Waals surface area contributed by atoms with E-state index in [0.29, 0.717) is 25.9 Å². The molecule has 114 valence electrons. The second kappa shape index (κ2) is 6.33. The van der Waals surface area contributed by atoms with Crippen LogP contribution in [-0.2, 0) is 9.47 Å². The van der Waals surface area contributed by atoms with Crippen molar-refractivity contribution in [2.45, 2.75) is 57.8 Å². The third kappa shape index (κ3) is 4.02. The number of rotatable bonds is 3. The number of likely N-dealkylation sites (tertiary alicyclic amines) is 1. The first-order valence-electron chi connectivity index (χ1n) is 6.81. The van der Waals surface area contributed by atoms with E-state index in [1.54, 1.807) is 12.0 Å². The average molecular weight is 284 g/mol. The van der Waals surface area contributed by atoms with Crippen molar-refractivity contribution >= 4 is 6.09 Å². The van der Waals surface area contributed by atoms with E-state index < -0.39 is 11.2 Å². The molecule has 0 aromatic carbocycles. The predicted octanol–water partition coefficient (Wildman–Crippen LogP) is 3.10. The van der Waals surface area contributed by atoms with E-state index in [1.165, 1.54) is 0 Å². The minimum atomic E-state index is -0.495. The summed E-state index contributed by atoms with van der Waals surface area (Å²) >= 11 is 0. The van der Waals surface area contributed by atoms with Gasteiger partial charge in [0.15, 0.2) is 0 Å².